The van der Waals surface area contributed by atoms with Gasteiger partial charge in [0.05, 0.1) is 23.5 Å². The van der Waals surface area contributed by atoms with Crippen molar-refractivity contribution in [1.29, 1.82) is 0 Å². The number of aromatic hydroxyl groups is 1. The van der Waals surface area contributed by atoms with Gasteiger partial charge in [-0.25, -0.2) is 4.98 Å². The van der Waals surface area contributed by atoms with Gasteiger partial charge in [0, 0.05) is 17.9 Å². The van der Waals surface area contributed by atoms with Crippen LogP contribution in [0.1, 0.15) is 23.5 Å². The predicted octanol–water partition coefficient (Wildman–Crippen LogP) is 3.67. The molecule has 28 heavy (non-hydrogen) atoms. The number of hydrogen-bond acceptors (Lipinski definition) is 6. The van der Waals surface area contributed by atoms with Crippen molar-refractivity contribution >= 4 is 33.3 Å². The maximum atomic E-state index is 12.4. The first-order chi connectivity index (χ1) is 13.6. The average molecular weight is 392 g/mol. The quantitative estimate of drug-likeness (QED) is 0.555. The Bertz CT molecular complexity index is 1200. The summed E-state index contributed by atoms with van der Waals surface area (Å²) in [6, 6.07) is 12.6. The molecule has 3 heterocycles. The number of phenols is 1. The van der Waals surface area contributed by atoms with Crippen LogP contribution in [-0.4, -0.2) is 32.9 Å². The number of amides is 1. The largest absolute Gasteiger partial charge is 0.508 e. The zero-order valence-electron chi connectivity index (χ0n) is 14.9. The van der Waals surface area contributed by atoms with Crippen molar-refractivity contribution < 1.29 is 14.6 Å². The second-order valence-electron chi connectivity index (χ2n) is 6.59. The van der Waals surface area contributed by atoms with Gasteiger partial charge in [0.2, 0.25) is 11.0 Å². The Labute approximate surface area is 164 Å². The molecule has 1 atom stereocenters. The molecule has 1 aliphatic heterocycles. The zero-order valence-corrected chi connectivity index (χ0v) is 15.7. The van der Waals surface area contributed by atoms with Crippen molar-refractivity contribution in [3.05, 3.63) is 59.8 Å². The second-order valence-corrected chi connectivity index (χ2v) is 7.60. The molecule has 0 saturated heterocycles. The fourth-order valence-corrected chi connectivity index (χ4v) is 4.44. The van der Waals surface area contributed by atoms with Gasteiger partial charge in [0.25, 0.3) is 0 Å². The Kier molecular flexibility index (Phi) is 3.80. The van der Waals surface area contributed by atoms with Crippen LogP contribution in [0.15, 0.2) is 48.7 Å². The van der Waals surface area contributed by atoms with Gasteiger partial charge < -0.3 is 15.2 Å². The normalized spacial score (nSPS) is 16.0. The third-order valence-corrected chi connectivity index (χ3v) is 5.87. The van der Waals surface area contributed by atoms with E-state index in [1.54, 1.807) is 30.1 Å². The number of carbonyl (C=O) groups excluding carboxylic acids is 1. The van der Waals surface area contributed by atoms with Gasteiger partial charge in [-0.2, -0.15) is 9.78 Å². The van der Waals surface area contributed by atoms with E-state index in [2.05, 4.69) is 15.4 Å². The van der Waals surface area contributed by atoms with Gasteiger partial charge >= 0.3 is 0 Å². The van der Waals surface area contributed by atoms with Gasteiger partial charge in [0.1, 0.15) is 17.3 Å². The summed E-state index contributed by atoms with van der Waals surface area (Å²) in [5, 5.41) is 17.7. The molecule has 5 rings (SSSR count). The Morgan fingerprint density at radius 3 is 2.86 bits per heavy atom. The first kappa shape index (κ1) is 16.8. The lowest BCUT2D eigenvalue weighted by atomic mass is 9.87. The van der Waals surface area contributed by atoms with Crippen LogP contribution in [0.25, 0.3) is 15.3 Å². The molecule has 1 amide bonds. The number of hydrogen-bond donors (Lipinski definition) is 2. The molecule has 4 aromatic rings. The molecular formula is C20H16N4O3S. The molecule has 7 nitrogen and oxygen atoms in total. The fourth-order valence-electron chi connectivity index (χ4n) is 3.48. The summed E-state index contributed by atoms with van der Waals surface area (Å²) in [7, 11) is 1.63. The minimum Gasteiger partial charge on any atom is -0.508 e. The highest BCUT2D eigenvalue weighted by Crippen LogP contribution is 2.39. The standard InChI is InChI=1S/C20H16N4O3S/c1-27-13-6-7-16-17(8-13)28-20(22-16)24-19-15(10-21-24)14(9-18(26)23-19)11-2-4-12(25)5-3-11/h2-8,10,14,25H,9H2,1H3,(H,23,26). The van der Waals surface area contributed by atoms with Crippen LogP contribution in [0.3, 0.4) is 0 Å². The number of rotatable bonds is 3. The summed E-state index contributed by atoms with van der Waals surface area (Å²) in [6.45, 7) is 0. The molecule has 1 unspecified atom stereocenters. The monoisotopic (exact) mass is 392 g/mol. The zero-order chi connectivity index (χ0) is 19.3. The van der Waals surface area contributed by atoms with Crippen molar-refractivity contribution in [3.63, 3.8) is 0 Å². The average Bonchev–Trinajstić information content (AvgIpc) is 3.30. The van der Waals surface area contributed by atoms with E-state index in [9.17, 15) is 9.90 Å². The third-order valence-electron chi connectivity index (χ3n) is 4.88. The highest BCUT2D eigenvalue weighted by atomic mass is 32.1. The fraction of sp³-hybridized carbons (Fsp3) is 0.150. The van der Waals surface area contributed by atoms with Gasteiger partial charge in [-0.1, -0.05) is 23.5 Å². The van der Waals surface area contributed by atoms with Crippen LogP contribution in [-0.2, 0) is 4.79 Å². The number of fused-ring (bicyclic) bond motifs is 2. The Morgan fingerprint density at radius 1 is 1.25 bits per heavy atom. The SMILES string of the molecule is COc1ccc2nc(-n3ncc4c3NC(=O)CC4c3ccc(O)cc3)sc2c1. The molecular weight excluding hydrogens is 376 g/mol. The maximum Gasteiger partial charge on any atom is 0.226 e. The lowest BCUT2D eigenvalue weighted by molar-refractivity contribution is -0.116. The van der Waals surface area contributed by atoms with Gasteiger partial charge in [-0.15, -0.1) is 0 Å². The van der Waals surface area contributed by atoms with E-state index in [1.807, 2.05) is 30.3 Å². The van der Waals surface area contributed by atoms with Crippen molar-refractivity contribution in [3.8, 4) is 16.6 Å². The number of anilines is 1. The van der Waals surface area contributed by atoms with Crippen LogP contribution in [0.5, 0.6) is 11.5 Å². The van der Waals surface area contributed by atoms with Crippen LogP contribution >= 0.6 is 11.3 Å². The summed E-state index contributed by atoms with van der Waals surface area (Å²) in [5.74, 6) is 1.42. The van der Waals surface area contributed by atoms with E-state index < -0.39 is 0 Å². The molecule has 0 aliphatic carbocycles. The molecule has 1 aliphatic rings. The number of nitrogens with one attached hydrogen (secondary N) is 1. The summed E-state index contributed by atoms with van der Waals surface area (Å²) in [4.78, 5) is 17.0. The maximum absolute atomic E-state index is 12.4. The van der Waals surface area contributed by atoms with E-state index in [1.165, 1.54) is 11.3 Å². The highest BCUT2D eigenvalue weighted by molar-refractivity contribution is 7.20. The minimum atomic E-state index is -0.118. The lowest BCUT2D eigenvalue weighted by Gasteiger charge is -2.23. The molecule has 2 aromatic heterocycles. The van der Waals surface area contributed by atoms with E-state index >= 15 is 0 Å². The number of ether oxygens (including phenoxy) is 1. The molecule has 0 radical (unpaired) electrons. The summed E-state index contributed by atoms with van der Waals surface area (Å²) >= 11 is 1.48. The Hall–Kier alpha value is -3.39. The number of methoxy groups -OCH3 is 1. The molecule has 0 fully saturated rings. The smallest absolute Gasteiger partial charge is 0.226 e. The van der Waals surface area contributed by atoms with Crippen molar-refractivity contribution in [2.45, 2.75) is 12.3 Å². The van der Waals surface area contributed by atoms with Gasteiger partial charge in [-0.3, -0.25) is 4.79 Å². The van der Waals surface area contributed by atoms with Crippen molar-refractivity contribution in [2.24, 2.45) is 0 Å². The van der Waals surface area contributed by atoms with Gasteiger partial charge in [-0.05, 0) is 35.9 Å². The summed E-state index contributed by atoms with van der Waals surface area (Å²) in [6.07, 6.45) is 2.11. The molecule has 8 heteroatoms. The Morgan fingerprint density at radius 2 is 2.07 bits per heavy atom. The number of nitrogens with zero attached hydrogens (tertiary/aromatic N) is 3. The number of benzene rings is 2. The molecule has 2 aromatic carbocycles. The topological polar surface area (TPSA) is 89.3 Å². The molecule has 0 spiro atoms. The van der Waals surface area contributed by atoms with E-state index in [0.717, 1.165) is 27.1 Å². The van der Waals surface area contributed by atoms with Crippen LogP contribution in [0.2, 0.25) is 0 Å². The number of phenolic OH excluding ortho intramolecular Hbond substituents is 1. The molecule has 2 N–H and O–H groups in total. The highest BCUT2D eigenvalue weighted by Gasteiger charge is 2.31. The lowest BCUT2D eigenvalue weighted by Crippen LogP contribution is -2.24. The number of carbonyl (C=O) groups is 1. The van der Waals surface area contributed by atoms with Crippen molar-refractivity contribution in [2.75, 3.05) is 12.4 Å². The summed E-state index contributed by atoms with van der Waals surface area (Å²) < 4.78 is 7.94. The third kappa shape index (κ3) is 2.69. The molecule has 0 saturated carbocycles. The van der Waals surface area contributed by atoms with Crippen LogP contribution < -0.4 is 10.1 Å². The first-order valence-corrected chi connectivity index (χ1v) is 9.55. The van der Waals surface area contributed by atoms with Crippen LogP contribution in [0.4, 0.5) is 5.82 Å². The molecule has 0 bridgehead atoms. The first-order valence-electron chi connectivity index (χ1n) is 8.74. The number of aromatic nitrogens is 3. The Balaban J connectivity index is 1.60. The molecule has 140 valence electrons. The van der Waals surface area contributed by atoms with Gasteiger partial charge in [0.15, 0.2) is 0 Å². The van der Waals surface area contributed by atoms with E-state index in [-0.39, 0.29) is 17.6 Å². The minimum absolute atomic E-state index is 0.0740. The number of thiazole rings is 1. The predicted molar refractivity (Wildman–Crippen MR) is 106 cm³/mol. The summed E-state index contributed by atoms with van der Waals surface area (Å²) in [5.41, 5.74) is 2.74. The van der Waals surface area contributed by atoms with E-state index in [4.69, 9.17) is 4.74 Å². The van der Waals surface area contributed by atoms with Crippen molar-refractivity contribution in [1.82, 2.24) is 14.8 Å². The van der Waals surface area contributed by atoms with E-state index in [0.29, 0.717) is 17.4 Å². The van der Waals surface area contributed by atoms with Crippen LogP contribution in [0, 0.1) is 0 Å². The second kappa shape index (κ2) is 6.35.